The van der Waals surface area contributed by atoms with Crippen molar-refractivity contribution >= 4 is 17.4 Å². The molecule has 33 heavy (non-hydrogen) atoms. The van der Waals surface area contributed by atoms with E-state index in [1.165, 1.54) is 0 Å². The minimum Gasteiger partial charge on any atom is -0.497 e. The van der Waals surface area contributed by atoms with E-state index in [1.807, 2.05) is 42.2 Å². The van der Waals surface area contributed by atoms with Gasteiger partial charge in [-0.05, 0) is 54.5 Å². The molecule has 1 aliphatic heterocycles. The lowest BCUT2D eigenvalue weighted by atomic mass is 9.69. The normalized spacial score (nSPS) is 20.1. The van der Waals surface area contributed by atoms with Crippen LogP contribution in [0.1, 0.15) is 62.6 Å². The molecule has 0 radical (unpaired) electrons. The highest BCUT2D eigenvalue weighted by Crippen LogP contribution is 2.50. The summed E-state index contributed by atoms with van der Waals surface area (Å²) in [6.07, 6.45) is 2.16. The Morgan fingerprint density at radius 2 is 1.82 bits per heavy atom. The molecule has 1 aliphatic carbocycles. The molecule has 1 heterocycles. The predicted molar refractivity (Wildman–Crippen MR) is 130 cm³/mol. The van der Waals surface area contributed by atoms with Crippen molar-refractivity contribution in [3.05, 3.63) is 64.4 Å². The molecule has 1 unspecified atom stereocenters. The second-order valence-electron chi connectivity index (χ2n) is 9.83. The van der Waals surface area contributed by atoms with Gasteiger partial charge in [0.2, 0.25) is 5.91 Å². The summed E-state index contributed by atoms with van der Waals surface area (Å²) in [6, 6.07) is 11.7. The highest BCUT2D eigenvalue weighted by molar-refractivity contribution is 6.08. The van der Waals surface area contributed by atoms with Crippen molar-refractivity contribution in [2.75, 3.05) is 19.1 Å². The highest BCUT2D eigenvalue weighted by Gasteiger charge is 2.45. The molecule has 0 bridgehead atoms. The zero-order chi connectivity index (χ0) is 23.9. The van der Waals surface area contributed by atoms with Crippen LogP contribution < -0.4 is 14.4 Å². The fraction of sp³-hybridized carbons (Fsp3) is 0.429. The van der Waals surface area contributed by atoms with Crippen LogP contribution in [0.5, 0.6) is 11.5 Å². The van der Waals surface area contributed by atoms with Crippen LogP contribution in [-0.2, 0) is 16.0 Å². The summed E-state index contributed by atoms with van der Waals surface area (Å²) in [5, 5.41) is 0. The third-order valence-electron chi connectivity index (χ3n) is 6.88. The number of nitrogens with zero attached hydrogens (tertiary/aromatic N) is 1. The van der Waals surface area contributed by atoms with Crippen molar-refractivity contribution in [1.82, 2.24) is 0 Å². The van der Waals surface area contributed by atoms with Crippen molar-refractivity contribution < 1.29 is 19.1 Å². The molecule has 0 fully saturated rings. The summed E-state index contributed by atoms with van der Waals surface area (Å²) in [6.45, 7) is 8.34. The topological polar surface area (TPSA) is 55.8 Å². The molecule has 0 saturated heterocycles. The van der Waals surface area contributed by atoms with Crippen LogP contribution in [0.25, 0.3) is 0 Å². The van der Waals surface area contributed by atoms with Gasteiger partial charge in [-0.3, -0.25) is 14.5 Å². The molecule has 2 aromatic carbocycles. The fourth-order valence-corrected chi connectivity index (χ4v) is 5.38. The maximum absolute atomic E-state index is 13.8. The Kier molecular flexibility index (Phi) is 6.08. The number of hydrogen-bond donors (Lipinski definition) is 0. The average molecular weight is 448 g/mol. The third kappa shape index (κ3) is 4.05. The van der Waals surface area contributed by atoms with Crippen LogP contribution in [0.3, 0.4) is 0 Å². The van der Waals surface area contributed by atoms with Gasteiger partial charge in [0.1, 0.15) is 11.5 Å². The first-order valence-corrected chi connectivity index (χ1v) is 11.6. The zero-order valence-electron chi connectivity index (χ0n) is 20.5. The minimum atomic E-state index is -0.355. The number of rotatable bonds is 5. The number of benzene rings is 2. The first kappa shape index (κ1) is 23.1. The molecule has 0 spiro atoms. The molecule has 174 valence electrons. The second-order valence-corrected chi connectivity index (χ2v) is 9.83. The standard InChI is InChI=1S/C28H33NO4/c1-7-18-10-8-9-17(2)27(18)29-22-15-28(3,4)16-23(30)26(22)21(14-25(29)31)20-13-19(32-5)11-12-24(20)33-6/h8-13,21H,7,14-16H2,1-6H3. The smallest absolute Gasteiger partial charge is 0.232 e. The summed E-state index contributed by atoms with van der Waals surface area (Å²) >= 11 is 0. The summed E-state index contributed by atoms with van der Waals surface area (Å²) in [5.74, 6) is 1.11. The predicted octanol–water partition coefficient (Wildman–Crippen LogP) is 5.74. The van der Waals surface area contributed by atoms with E-state index in [-0.39, 0.29) is 29.4 Å². The van der Waals surface area contributed by atoms with Gasteiger partial charge in [0.05, 0.1) is 19.9 Å². The van der Waals surface area contributed by atoms with E-state index in [9.17, 15) is 9.59 Å². The van der Waals surface area contributed by atoms with E-state index in [4.69, 9.17) is 9.47 Å². The van der Waals surface area contributed by atoms with Crippen molar-refractivity contribution in [2.45, 2.75) is 59.3 Å². The van der Waals surface area contributed by atoms with Crippen LogP contribution in [0.2, 0.25) is 0 Å². The van der Waals surface area contributed by atoms with E-state index in [0.29, 0.717) is 24.3 Å². The van der Waals surface area contributed by atoms with Crippen LogP contribution >= 0.6 is 0 Å². The monoisotopic (exact) mass is 447 g/mol. The van der Waals surface area contributed by atoms with Crippen molar-refractivity contribution in [3.8, 4) is 11.5 Å². The lowest BCUT2D eigenvalue weighted by Gasteiger charge is -2.44. The van der Waals surface area contributed by atoms with Crippen LogP contribution in [-0.4, -0.2) is 25.9 Å². The number of anilines is 1. The average Bonchev–Trinajstić information content (AvgIpc) is 2.77. The van der Waals surface area contributed by atoms with Gasteiger partial charge in [0, 0.05) is 35.6 Å². The van der Waals surface area contributed by atoms with Gasteiger partial charge in [-0.1, -0.05) is 39.0 Å². The molecule has 0 saturated carbocycles. The van der Waals surface area contributed by atoms with Gasteiger partial charge >= 0.3 is 0 Å². The van der Waals surface area contributed by atoms with E-state index >= 15 is 0 Å². The van der Waals surface area contributed by atoms with E-state index in [1.54, 1.807) is 14.2 Å². The van der Waals surface area contributed by atoms with Gasteiger partial charge < -0.3 is 9.47 Å². The van der Waals surface area contributed by atoms with E-state index in [2.05, 4.69) is 26.8 Å². The third-order valence-corrected chi connectivity index (χ3v) is 6.88. The lowest BCUT2D eigenvalue weighted by Crippen LogP contribution is -2.44. The summed E-state index contributed by atoms with van der Waals surface area (Å²) in [5.41, 5.74) is 5.28. The Bertz CT molecular complexity index is 1140. The van der Waals surface area contributed by atoms with Crippen molar-refractivity contribution in [2.24, 2.45) is 5.41 Å². The number of ketones is 1. The Morgan fingerprint density at radius 3 is 2.48 bits per heavy atom. The molecule has 2 aliphatic rings. The van der Waals surface area contributed by atoms with Gasteiger partial charge in [-0.2, -0.15) is 0 Å². The number of aryl methyl sites for hydroxylation is 2. The van der Waals surface area contributed by atoms with E-state index < -0.39 is 0 Å². The number of allylic oxidation sites excluding steroid dienone is 2. The van der Waals surface area contributed by atoms with E-state index in [0.717, 1.165) is 40.1 Å². The number of amides is 1. The maximum Gasteiger partial charge on any atom is 0.232 e. The lowest BCUT2D eigenvalue weighted by molar-refractivity contribution is -0.121. The number of ether oxygens (including phenoxy) is 2. The quantitative estimate of drug-likeness (QED) is 0.587. The first-order chi connectivity index (χ1) is 15.7. The molecule has 5 heteroatoms. The molecule has 2 aromatic rings. The number of methoxy groups -OCH3 is 2. The number of carbonyl (C=O) groups excluding carboxylic acids is 2. The summed E-state index contributed by atoms with van der Waals surface area (Å²) in [4.78, 5) is 29.3. The van der Waals surface area contributed by atoms with Crippen LogP contribution in [0, 0.1) is 12.3 Å². The Hall–Kier alpha value is -3.08. The van der Waals surface area contributed by atoms with Gasteiger partial charge in [-0.25, -0.2) is 0 Å². The summed E-state index contributed by atoms with van der Waals surface area (Å²) in [7, 11) is 3.23. The highest BCUT2D eigenvalue weighted by atomic mass is 16.5. The Labute approximate surface area is 196 Å². The molecule has 1 amide bonds. The zero-order valence-corrected chi connectivity index (χ0v) is 20.5. The van der Waals surface area contributed by atoms with Gasteiger partial charge in [0.15, 0.2) is 5.78 Å². The molecule has 5 nitrogen and oxygen atoms in total. The Morgan fingerprint density at radius 1 is 1.06 bits per heavy atom. The molecule has 1 atom stereocenters. The molecule has 0 N–H and O–H groups in total. The molecule has 4 rings (SSSR count). The van der Waals surface area contributed by atoms with Crippen molar-refractivity contribution in [1.29, 1.82) is 0 Å². The molecule has 0 aromatic heterocycles. The van der Waals surface area contributed by atoms with Crippen molar-refractivity contribution in [3.63, 3.8) is 0 Å². The van der Waals surface area contributed by atoms with Crippen LogP contribution in [0.4, 0.5) is 5.69 Å². The number of Topliss-reactive ketones (excluding diaryl/α,β-unsaturated/α-hetero) is 1. The van der Waals surface area contributed by atoms with Crippen LogP contribution in [0.15, 0.2) is 47.7 Å². The molecular weight excluding hydrogens is 414 g/mol. The number of carbonyl (C=O) groups is 2. The maximum atomic E-state index is 13.8. The Balaban J connectivity index is 1.98. The second kappa shape index (κ2) is 8.69. The number of hydrogen-bond acceptors (Lipinski definition) is 4. The summed E-state index contributed by atoms with van der Waals surface area (Å²) < 4.78 is 11.1. The molecular formula is C28H33NO4. The largest absolute Gasteiger partial charge is 0.497 e. The number of para-hydroxylation sites is 1. The SMILES string of the molecule is CCc1cccc(C)c1N1C(=O)CC(c2cc(OC)ccc2OC)C2=C1CC(C)(C)CC2=O. The first-order valence-electron chi connectivity index (χ1n) is 11.6. The van der Waals surface area contributed by atoms with Gasteiger partial charge in [0.25, 0.3) is 0 Å². The fourth-order valence-electron chi connectivity index (χ4n) is 5.38. The minimum absolute atomic E-state index is 0.0122. The van der Waals surface area contributed by atoms with Gasteiger partial charge in [-0.15, -0.1) is 0 Å².